The van der Waals surface area contributed by atoms with E-state index in [1.807, 2.05) is 57.2 Å². The first-order chi connectivity index (χ1) is 13.5. The van der Waals surface area contributed by atoms with Crippen LogP contribution in [0.25, 0.3) is 0 Å². The fraction of sp³-hybridized carbons (Fsp3) is 0.364. The predicted molar refractivity (Wildman–Crippen MR) is 111 cm³/mol. The van der Waals surface area contributed by atoms with Crippen molar-refractivity contribution >= 4 is 5.96 Å². The average molecular weight is 380 g/mol. The van der Waals surface area contributed by atoms with Gasteiger partial charge in [0.15, 0.2) is 5.96 Å². The molecular weight excluding hydrogens is 352 g/mol. The largest absolute Gasteiger partial charge is 0.491 e. The summed E-state index contributed by atoms with van der Waals surface area (Å²) in [5.41, 5.74) is 2.42. The van der Waals surface area contributed by atoms with E-state index in [2.05, 4.69) is 21.7 Å². The van der Waals surface area contributed by atoms with Crippen LogP contribution in [0.3, 0.4) is 0 Å². The minimum atomic E-state index is -0.686. The molecular formula is C22H28N4O2. The molecule has 0 bridgehead atoms. The van der Waals surface area contributed by atoms with Gasteiger partial charge in [-0.25, -0.2) is 4.99 Å². The van der Waals surface area contributed by atoms with E-state index in [9.17, 15) is 5.11 Å². The highest BCUT2D eigenvalue weighted by molar-refractivity contribution is 5.79. The van der Waals surface area contributed by atoms with Gasteiger partial charge in [-0.1, -0.05) is 24.3 Å². The lowest BCUT2D eigenvalue weighted by atomic mass is 10.1. The number of benzene rings is 2. The molecule has 0 heterocycles. The summed E-state index contributed by atoms with van der Waals surface area (Å²) in [5.74, 6) is 1.37. The Bertz CT molecular complexity index is 810. The average Bonchev–Trinajstić information content (AvgIpc) is 2.70. The number of hydrogen-bond donors (Lipinski definition) is 3. The first kappa shape index (κ1) is 21.3. The molecule has 1 unspecified atom stereocenters. The van der Waals surface area contributed by atoms with Gasteiger partial charge in [-0.05, 0) is 56.2 Å². The molecule has 3 N–H and O–H groups in total. The van der Waals surface area contributed by atoms with Gasteiger partial charge >= 0.3 is 0 Å². The molecule has 0 aromatic heterocycles. The number of nitriles is 1. The summed E-state index contributed by atoms with van der Waals surface area (Å²) in [5, 5.41) is 25.7. The molecule has 0 spiro atoms. The van der Waals surface area contributed by atoms with Crippen LogP contribution in [0.2, 0.25) is 0 Å². The molecule has 2 rings (SSSR count). The fourth-order valence-electron chi connectivity index (χ4n) is 2.58. The number of rotatable bonds is 8. The predicted octanol–water partition coefficient (Wildman–Crippen LogP) is 3.13. The van der Waals surface area contributed by atoms with Crippen LogP contribution >= 0.6 is 0 Å². The standard InChI is InChI=1S/C22H28N4O2/c1-4-24-22(25-14-18-10-8-17(13-23)9-11-18)26-15-21(27)19-6-5-7-20(12-19)28-16(2)3/h5-12,16,21,27H,4,14-15H2,1-3H3,(H2,24,25,26). The van der Waals surface area contributed by atoms with Crippen molar-refractivity contribution in [1.82, 2.24) is 10.6 Å². The molecule has 0 aliphatic heterocycles. The van der Waals surface area contributed by atoms with E-state index in [-0.39, 0.29) is 6.10 Å². The summed E-state index contributed by atoms with van der Waals surface area (Å²) < 4.78 is 5.69. The zero-order valence-electron chi connectivity index (χ0n) is 16.6. The maximum absolute atomic E-state index is 10.5. The highest BCUT2D eigenvalue weighted by atomic mass is 16.5. The maximum atomic E-state index is 10.5. The second kappa shape index (κ2) is 11.0. The van der Waals surface area contributed by atoms with Crippen LogP contribution < -0.4 is 15.4 Å². The molecule has 2 aromatic carbocycles. The van der Waals surface area contributed by atoms with Gasteiger partial charge in [-0.2, -0.15) is 5.26 Å². The minimum Gasteiger partial charge on any atom is -0.491 e. The lowest BCUT2D eigenvalue weighted by Crippen LogP contribution is -2.39. The third-order valence-electron chi connectivity index (χ3n) is 3.92. The van der Waals surface area contributed by atoms with E-state index in [1.165, 1.54) is 0 Å². The quantitative estimate of drug-likeness (QED) is 0.484. The van der Waals surface area contributed by atoms with Crippen molar-refractivity contribution in [3.63, 3.8) is 0 Å². The van der Waals surface area contributed by atoms with Crippen molar-refractivity contribution in [1.29, 1.82) is 5.26 Å². The molecule has 0 fully saturated rings. The summed E-state index contributed by atoms with van der Waals surface area (Å²) in [6.07, 6.45) is -0.602. The first-order valence-corrected chi connectivity index (χ1v) is 9.47. The van der Waals surface area contributed by atoms with Crippen LogP contribution in [-0.2, 0) is 6.54 Å². The molecule has 0 radical (unpaired) electrons. The SMILES string of the molecule is CCNC(=NCc1ccc(C#N)cc1)NCC(O)c1cccc(OC(C)C)c1. The lowest BCUT2D eigenvalue weighted by Gasteiger charge is -2.17. The highest BCUT2D eigenvalue weighted by Gasteiger charge is 2.10. The van der Waals surface area contributed by atoms with Gasteiger partial charge in [0, 0.05) is 13.1 Å². The number of hydrogen-bond acceptors (Lipinski definition) is 4. The van der Waals surface area contributed by atoms with E-state index in [1.54, 1.807) is 12.1 Å². The summed E-state index contributed by atoms with van der Waals surface area (Å²) >= 11 is 0. The second-order valence-corrected chi connectivity index (χ2v) is 6.64. The zero-order valence-corrected chi connectivity index (χ0v) is 16.6. The molecule has 6 heteroatoms. The number of aliphatic hydroxyl groups is 1. The number of nitrogens with one attached hydrogen (secondary N) is 2. The third kappa shape index (κ3) is 6.93. The molecule has 28 heavy (non-hydrogen) atoms. The Balaban J connectivity index is 1.96. The fourth-order valence-corrected chi connectivity index (χ4v) is 2.58. The van der Waals surface area contributed by atoms with E-state index < -0.39 is 6.10 Å². The summed E-state index contributed by atoms with van der Waals surface area (Å²) in [4.78, 5) is 4.54. The minimum absolute atomic E-state index is 0.0835. The molecule has 0 saturated carbocycles. The van der Waals surface area contributed by atoms with Gasteiger partial charge < -0.3 is 20.5 Å². The van der Waals surface area contributed by atoms with Gasteiger partial charge in [0.1, 0.15) is 5.75 Å². The van der Waals surface area contributed by atoms with Gasteiger partial charge in [0.2, 0.25) is 0 Å². The lowest BCUT2D eigenvalue weighted by molar-refractivity contribution is 0.179. The second-order valence-electron chi connectivity index (χ2n) is 6.64. The van der Waals surface area contributed by atoms with Crippen LogP contribution in [0.4, 0.5) is 0 Å². The molecule has 0 aliphatic carbocycles. The summed E-state index contributed by atoms with van der Waals surface area (Å²) in [6.45, 7) is 7.45. The van der Waals surface area contributed by atoms with Crippen molar-refractivity contribution < 1.29 is 9.84 Å². The Kier molecular flexibility index (Phi) is 8.32. The number of guanidine groups is 1. The van der Waals surface area contributed by atoms with Gasteiger partial charge in [0.05, 0.1) is 30.4 Å². The Labute approximate surface area is 166 Å². The Morgan fingerprint density at radius 2 is 1.93 bits per heavy atom. The van der Waals surface area contributed by atoms with Crippen LogP contribution in [0.5, 0.6) is 5.75 Å². The monoisotopic (exact) mass is 380 g/mol. The van der Waals surface area contributed by atoms with E-state index in [0.717, 1.165) is 16.9 Å². The third-order valence-corrected chi connectivity index (χ3v) is 3.92. The number of ether oxygens (including phenoxy) is 1. The van der Waals surface area contributed by atoms with Crippen molar-refractivity contribution in [3.8, 4) is 11.8 Å². The first-order valence-electron chi connectivity index (χ1n) is 9.47. The van der Waals surface area contributed by atoms with Crippen molar-refractivity contribution in [2.45, 2.75) is 39.5 Å². The Hall–Kier alpha value is -3.04. The molecule has 148 valence electrons. The summed E-state index contributed by atoms with van der Waals surface area (Å²) in [7, 11) is 0. The Morgan fingerprint density at radius 3 is 2.57 bits per heavy atom. The van der Waals surface area contributed by atoms with Gasteiger partial charge in [-0.15, -0.1) is 0 Å². The number of nitrogens with zero attached hydrogens (tertiary/aromatic N) is 2. The van der Waals surface area contributed by atoms with E-state index in [4.69, 9.17) is 10.00 Å². The molecule has 0 amide bonds. The van der Waals surface area contributed by atoms with Gasteiger partial charge in [0.25, 0.3) is 0 Å². The van der Waals surface area contributed by atoms with Crippen molar-refractivity contribution in [2.75, 3.05) is 13.1 Å². The maximum Gasteiger partial charge on any atom is 0.191 e. The molecule has 2 aromatic rings. The van der Waals surface area contributed by atoms with Crippen molar-refractivity contribution in [2.24, 2.45) is 4.99 Å². The van der Waals surface area contributed by atoms with Crippen LogP contribution in [0, 0.1) is 11.3 Å². The van der Waals surface area contributed by atoms with Crippen molar-refractivity contribution in [3.05, 3.63) is 65.2 Å². The highest BCUT2D eigenvalue weighted by Crippen LogP contribution is 2.20. The molecule has 6 nitrogen and oxygen atoms in total. The zero-order chi connectivity index (χ0) is 20.4. The molecule has 1 atom stereocenters. The van der Waals surface area contributed by atoms with E-state index >= 15 is 0 Å². The molecule has 0 saturated heterocycles. The smallest absolute Gasteiger partial charge is 0.191 e. The normalized spacial score (nSPS) is 12.4. The van der Waals surface area contributed by atoms with E-state index in [0.29, 0.717) is 31.2 Å². The summed E-state index contributed by atoms with van der Waals surface area (Å²) in [6, 6.07) is 16.9. The van der Waals surface area contributed by atoms with Gasteiger partial charge in [-0.3, -0.25) is 0 Å². The number of aliphatic hydroxyl groups excluding tert-OH is 1. The van der Waals surface area contributed by atoms with Crippen LogP contribution in [-0.4, -0.2) is 30.3 Å². The molecule has 0 aliphatic rings. The van der Waals surface area contributed by atoms with Crippen LogP contribution in [0.1, 0.15) is 43.6 Å². The number of aliphatic imine (C=N–C) groups is 1. The topological polar surface area (TPSA) is 89.7 Å². The van der Waals surface area contributed by atoms with Crippen LogP contribution in [0.15, 0.2) is 53.5 Å². The Morgan fingerprint density at radius 1 is 1.18 bits per heavy atom.